The van der Waals surface area contributed by atoms with Crippen LogP contribution in [0.15, 0.2) is 42.5 Å². The number of carbonyl (C=O) groups excluding carboxylic acids is 2. The molecule has 0 atom stereocenters. The van der Waals surface area contributed by atoms with E-state index in [9.17, 15) is 9.59 Å². The van der Waals surface area contributed by atoms with Crippen LogP contribution in [0.1, 0.15) is 19.4 Å². The predicted molar refractivity (Wildman–Crippen MR) is 98.3 cm³/mol. The van der Waals surface area contributed by atoms with Crippen LogP contribution in [0, 0.1) is 5.41 Å². The van der Waals surface area contributed by atoms with E-state index in [0.29, 0.717) is 22.2 Å². The maximum atomic E-state index is 12.5. The quantitative estimate of drug-likeness (QED) is 0.787. The predicted octanol–water partition coefficient (Wildman–Crippen LogP) is 3.35. The summed E-state index contributed by atoms with van der Waals surface area (Å²) >= 11 is 5.83. The molecular formula is C19H19ClN2O4. The number of anilines is 1. The van der Waals surface area contributed by atoms with Crippen LogP contribution in [0.25, 0.3) is 0 Å². The summed E-state index contributed by atoms with van der Waals surface area (Å²) in [6.07, 6.45) is 0. The molecule has 2 aromatic rings. The Bertz CT molecular complexity index is 834. The van der Waals surface area contributed by atoms with Gasteiger partial charge in [-0.1, -0.05) is 17.7 Å². The molecule has 0 unspecified atom stereocenters. The summed E-state index contributed by atoms with van der Waals surface area (Å²) in [5.74, 6) is 0.559. The first-order chi connectivity index (χ1) is 12.4. The molecule has 6 nitrogen and oxygen atoms in total. The van der Waals surface area contributed by atoms with Crippen molar-refractivity contribution in [3.8, 4) is 11.5 Å². The van der Waals surface area contributed by atoms with E-state index in [2.05, 4.69) is 10.6 Å². The first kappa shape index (κ1) is 18.1. The second kappa shape index (κ2) is 7.25. The van der Waals surface area contributed by atoms with Crippen LogP contribution in [0.4, 0.5) is 5.69 Å². The van der Waals surface area contributed by atoms with Gasteiger partial charge in [0.05, 0.1) is 0 Å². The Morgan fingerprint density at radius 3 is 2.46 bits per heavy atom. The maximum Gasteiger partial charge on any atom is 0.239 e. The van der Waals surface area contributed by atoms with E-state index in [1.807, 2.05) is 12.1 Å². The number of hydrogen-bond acceptors (Lipinski definition) is 4. The van der Waals surface area contributed by atoms with Gasteiger partial charge in [-0.3, -0.25) is 9.59 Å². The van der Waals surface area contributed by atoms with Crippen LogP contribution >= 0.6 is 11.6 Å². The minimum atomic E-state index is -1.24. The topological polar surface area (TPSA) is 76.7 Å². The van der Waals surface area contributed by atoms with E-state index in [0.717, 1.165) is 5.56 Å². The van der Waals surface area contributed by atoms with Crippen molar-refractivity contribution in [1.82, 2.24) is 5.32 Å². The van der Waals surface area contributed by atoms with Gasteiger partial charge in [-0.2, -0.15) is 0 Å². The van der Waals surface area contributed by atoms with E-state index in [4.69, 9.17) is 21.1 Å². The minimum Gasteiger partial charge on any atom is -0.454 e. The normalized spacial score (nSPS) is 12.6. The smallest absolute Gasteiger partial charge is 0.239 e. The fraction of sp³-hybridized carbons (Fsp3) is 0.263. The highest BCUT2D eigenvalue weighted by molar-refractivity contribution is 6.30. The zero-order chi connectivity index (χ0) is 18.7. The third kappa shape index (κ3) is 3.91. The van der Waals surface area contributed by atoms with Crippen LogP contribution in [0.2, 0.25) is 5.02 Å². The van der Waals surface area contributed by atoms with Crippen molar-refractivity contribution >= 4 is 29.1 Å². The fourth-order valence-electron chi connectivity index (χ4n) is 2.38. The van der Waals surface area contributed by atoms with E-state index < -0.39 is 11.3 Å². The molecule has 0 spiro atoms. The number of benzene rings is 2. The highest BCUT2D eigenvalue weighted by Crippen LogP contribution is 2.32. The van der Waals surface area contributed by atoms with Gasteiger partial charge in [-0.15, -0.1) is 0 Å². The molecule has 26 heavy (non-hydrogen) atoms. The maximum absolute atomic E-state index is 12.5. The van der Waals surface area contributed by atoms with Crippen molar-refractivity contribution in [3.63, 3.8) is 0 Å². The number of ether oxygens (including phenoxy) is 2. The number of fused-ring (bicyclic) bond motifs is 1. The molecule has 0 radical (unpaired) electrons. The summed E-state index contributed by atoms with van der Waals surface area (Å²) < 4.78 is 10.6. The summed E-state index contributed by atoms with van der Waals surface area (Å²) in [4.78, 5) is 25.0. The molecule has 0 saturated heterocycles. The lowest BCUT2D eigenvalue weighted by molar-refractivity contribution is -0.138. The van der Waals surface area contributed by atoms with Crippen molar-refractivity contribution < 1.29 is 19.1 Å². The molecule has 1 aliphatic rings. The Morgan fingerprint density at radius 1 is 1.04 bits per heavy atom. The number of rotatable bonds is 5. The lowest BCUT2D eigenvalue weighted by Gasteiger charge is -2.22. The van der Waals surface area contributed by atoms with Gasteiger partial charge in [0, 0.05) is 17.3 Å². The summed E-state index contributed by atoms with van der Waals surface area (Å²) in [6, 6.07) is 12.1. The first-order valence-corrected chi connectivity index (χ1v) is 8.48. The van der Waals surface area contributed by atoms with Crippen molar-refractivity contribution in [3.05, 3.63) is 53.1 Å². The molecule has 0 fully saturated rings. The fourth-order valence-corrected chi connectivity index (χ4v) is 2.50. The molecule has 0 bridgehead atoms. The molecule has 0 saturated carbocycles. The molecule has 136 valence electrons. The Labute approximate surface area is 156 Å². The Hall–Kier alpha value is -2.73. The zero-order valence-electron chi connectivity index (χ0n) is 14.5. The Kier molecular flexibility index (Phi) is 5.04. The van der Waals surface area contributed by atoms with Gasteiger partial charge in [0.1, 0.15) is 5.41 Å². The molecule has 3 rings (SSSR count). The molecule has 7 heteroatoms. The van der Waals surface area contributed by atoms with E-state index in [1.54, 1.807) is 44.2 Å². The number of hydrogen-bond donors (Lipinski definition) is 2. The summed E-state index contributed by atoms with van der Waals surface area (Å²) in [7, 11) is 0. The van der Waals surface area contributed by atoms with Gasteiger partial charge >= 0.3 is 0 Å². The third-order valence-corrected chi connectivity index (χ3v) is 4.38. The van der Waals surface area contributed by atoms with Crippen LogP contribution < -0.4 is 20.1 Å². The van der Waals surface area contributed by atoms with Gasteiger partial charge in [0.15, 0.2) is 11.5 Å². The Morgan fingerprint density at radius 2 is 1.73 bits per heavy atom. The number of carbonyl (C=O) groups is 2. The van der Waals surface area contributed by atoms with Gasteiger partial charge < -0.3 is 20.1 Å². The second-order valence-electron chi connectivity index (χ2n) is 6.46. The van der Waals surface area contributed by atoms with Crippen molar-refractivity contribution in [1.29, 1.82) is 0 Å². The van der Waals surface area contributed by atoms with Gasteiger partial charge in [0.25, 0.3) is 0 Å². The molecule has 2 aromatic carbocycles. The van der Waals surface area contributed by atoms with Gasteiger partial charge in [-0.25, -0.2) is 0 Å². The van der Waals surface area contributed by atoms with E-state index in [1.165, 1.54) is 0 Å². The van der Waals surface area contributed by atoms with Crippen LogP contribution in [0.5, 0.6) is 11.5 Å². The van der Waals surface area contributed by atoms with Gasteiger partial charge in [-0.05, 0) is 55.8 Å². The summed E-state index contributed by atoms with van der Waals surface area (Å²) in [6.45, 7) is 3.64. The molecule has 2 amide bonds. The number of halogens is 1. The SMILES string of the molecule is CC(C)(C(=O)NCc1ccc2c(c1)OCO2)C(=O)Nc1ccc(Cl)cc1. The van der Waals surface area contributed by atoms with Crippen LogP contribution in [-0.2, 0) is 16.1 Å². The molecule has 1 aliphatic heterocycles. The molecule has 2 N–H and O–H groups in total. The monoisotopic (exact) mass is 374 g/mol. The molecule has 0 aliphatic carbocycles. The minimum absolute atomic E-state index is 0.197. The molecule has 0 aromatic heterocycles. The lowest BCUT2D eigenvalue weighted by atomic mass is 9.90. The van der Waals surface area contributed by atoms with Crippen molar-refractivity contribution in [2.45, 2.75) is 20.4 Å². The molecule has 1 heterocycles. The summed E-state index contributed by atoms with van der Waals surface area (Å²) in [5.41, 5.74) is 0.197. The van der Waals surface area contributed by atoms with E-state index in [-0.39, 0.29) is 19.2 Å². The van der Waals surface area contributed by atoms with Gasteiger partial charge in [0.2, 0.25) is 18.6 Å². The average Bonchev–Trinajstić information content (AvgIpc) is 3.09. The highest BCUT2D eigenvalue weighted by atomic mass is 35.5. The van der Waals surface area contributed by atoms with Crippen LogP contribution in [-0.4, -0.2) is 18.6 Å². The van der Waals surface area contributed by atoms with E-state index >= 15 is 0 Å². The first-order valence-electron chi connectivity index (χ1n) is 8.10. The van der Waals surface area contributed by atoms with Crippen LogP contribution in [0.3, 0.4) is 0 Å². The Balaban J connectivity index is 1.60. The zero-order valence-corrected chi connectivity index (χ0v) is 15.2. The largest absolute Gasteiger partial charge is 0.454 e. The standard InChI is InChI=1S/C19H19ClN2O4/c1-19(2,18(24)22-14-6-4-13(20)5-7-14)17(23)21-10-12-3-8-15-16(9-12)26-11-25-15/h3-9H,10-11H2,1-2H3,(H,21,23)(H,22,24). The lowest BCUT2D eigenvalue weighted by Crippen LogP contribution is -2.44. The number of amides is 2. The number of nitrogens with one attached hydrogen (secondary N) is 2. The highest BCUT2D eigenvalue weighted by Gasteiger charge is 2.36. The average molecular weight is 375 g/mol. The second-order valence-corrected chi connectivity index (χ2v) is 6.89. The summed E-state index contributed by atoms with van der Waals surface area (Å²) in [5, 5.41) is 6.09. The van der Waals surface area contributed by atoms with Crippen molar-refractivity contribution in [2.24, 2.45) is 5.41 Å². The van der Waals surface area contributed by atoms with Crippen molar-refractivity contribution in [2.75, 3.05) is 12.1 Å². The molecular weight excluding hydrogens is 356 g/mol. The third-order valence-electron chi connectivity index (χ3n) is 4.13.